The fraction of sp³-hybridized carbons (Fsp3) is 0.0690. The Hall–Kier alpha value is -6.92. The first-order valence-electron chi connectivity index (χ1n) is 22.2. The lowest BCUT2D eigenvalue weighted by Crippen LogP contribution is -2.60. The van der Waals surface area contributed by atoms with Gasteiger partial charge in [0.15, 0.2) is 0 Å². The minimum absolute atomic E-state index is 0.0501. The molecule has 0 saturated carbocycles. The number of thiophene rings is 2. The van der Waals surface area contributed by atoms with E-state index in [1.165, 1.54) is 114 Å². The van der Waals surface area contributed by atoms with Crippen molar-refractivity contribution in [2.24, 2.45) is 0 Å². The van der Waals surface area contributed by atoms with E-state index in [1.54, 1.807) is 0 Å². The van der Waals surface area contributed by atoms with Gasteiger partial charge in [-0.15, -0.1) is 22.7 Å². The first kappa shape index (κ1) is 34.6. The van der Waals surface area contributed by atoms with Crippen LogP contribution in [0.3, 0.4) is 0 Å². The number of rotatable bonds is 2. The van der Waals surface area contributed by atoms with Gasteiger partial charge in [-0.3, -0.25) is 0 Å². The third-order valence-corrected chi connectivity index (χ3v) is 17.2. The van der Waals surface area contributed by atoms with Crippen LogP contribution in [0, 0.1) is 0 Å². The van der Waals surface area contributed by atoms with Crippen LogP contribution in [0.25, 0.3) is 42.4 Å². The smallest absolute Gasteiger partial charge is 0.256 e. The van der Waals surface area contributed by atoms with Crippen LogP contribution >= 0.6 is 22.7 Å². The lowest BCUT2D eigenvalue weighted by Gasteiger charge is -2.44. The van der Waals surface area contributed by atoms with Gasteiger partial charge in [-0.25, -0.2) is 0 Å². The van der Waals surface area contributed by atoms with Crippen molar-refractivity contribution in [3.8, 4) is 22.3 Å². The summed E-state index contributed by atoms with van der Waals surface area (Å²) in [5.41, 5.74) is 20.3. The van der Waals surface area contributed by atoms with Crippen LogP contribution < -0.4 is 26.2 Å². The van der Waals surface area contributed by atoms with Crippen molar-refractivity contribution >= 4 is 98.7 Å². The average molecular weight is 837 g/mol. The van der Waals surface area contributed by atoms with Gasteiger partial charge in [-0.1, -0.05) is 164 Å². The molecule has 7 aromatic carbocycles. The predicted octanol–water partition coefficient (Wildman–Crippen LogP) is 14.1. The molecule has 6 aliphatic rings. The van der Waals surface area contributed by atoms with E-state index in [0.29, 0.717) is 5.92 Å². The summed E-state index contributed by atoms with van der Waals surface area (Å²) in [4.78, 5) is 5.36. The molecular weight excluding hydrogens is 800 g/mol. The highest BCUT2D eigenvalue weighted by Crippen LogP contribution is 2.59. The molecule has 9 aromatic rings. The monoisotopic (exact) mass is 836 g/mol. The quantitative estimate of drug-likeness (QED) is 0.160. The Balaban J connectivity index is 1.05. The summed E-state index contributed by atoms with van der Waals surface area (Å²) in [6.45, 7) is 0.0501. The van der Waals surface area contributed by atoms with Crippen LogP contribution in [-0.4, -0.2) is 6.71 Å². The molecule has 63 heavy (non-hydrogen) atoms. The zero-order valence-electron chi connectivity index (χ0n) is 34.2. The molecule has 4 aliphatic carbocycles. The third-order valence-electron chi connectivity index (χ3n) is 14.8. The summed E-state index contributed by atoms with van der Waals surface area (Å²) < 4.78 is 2.66. The Bertz CT molecular complexity index is 3600. The molecule has 2 nitrogen and oxygen atoms in total. The van der Waals surface area contributed by atoms with Crippen molar-refractivity contribution in [3.63, 3.8) is 0 Å². The van der Waals surface area contributed by atoms with E-state index in [1.807, 2.05) is 22.7 Å². The Morgan fingerprint density at radius 3 is 1.52 bits per heavy atom. The van der Waals surface area contributed by atoms with E-state index in [2.05, 4.69) is 210 Å². The van der Waals surface area contributed by atoms with E-state index >= 15 is 0 Å². The fourth-order valence-corrected chi connectivity index (χ4v) is 15.0. The van der Waals surface area contributed by atoms with E-state index < -0.39 is 0 Å². The molecule has 0 fully saturated rings. The average Bonchev–Trinajstić information content (AvgIpc) is 3.93. The number of nitrogens with zero attached hydrogens (tertiary/aromatic N) is 2. The number of hydrogen-bond donors (Lipinski definition) is 0. The van der Waals surface area contributed by atoms with Gasteiger partial charge in [-0.05, 0) is 103 Å². The van der Waals surface area contributed by atoms with Crippen molar-refractivity contribution < 1.29 is 0 Å². The first-order chi connectivity index (χ1) is 31.3. The minimum atomic E-state index is 0.0501. The summed E-state index contributed by atoms with van der Waals surface area (Å²) in [5, 5.41) is 5.35. The molecule has 4 atom stereocenters. The maximum atomic E-state index is 2.68. The highest BCUT2D eigenvalue weighted by Gasteiger charge is 2.48. The maximum Gasteiger partial charge on any atom is 0.256 e. The molecule has 2 aliphatic heterocycles. The standard InChI is InChI=1S/C58H37BN2S2/c1-3-18-38-34(16-1)36-20-5-7-22-40(36)52-42(38)26-13-28-46(52)60-48-30-15-31-49-56(48)59(54-44-24-9-11-32-50(44)62-57(54)60)55-45-25-10-12-33-51(45)63-58(55)61(49)47-29-14-27-43-39-19-4-2-17-35(39)37-21-6-8-23-41(37)53(43)47/h1-34,37-38,41H. The largest absolute Gasteiger partial charge is 0.302 e. The topological polar surface area (TPSA) is 6.48 Å². The maximum absolute atomic E-state index is 2.68. The summed E-state index contributed by atoms with van der Waals surface area (Å²) in [6.07, 6.45) is 18.7. The SMILES string of the molecule is C1=CC2c3ccccc3-c3c(cccc3N3c4cccc5c4B(c4c3sc3ccccc43)c3c(sc4ccccc34)N5c3cccc4c3C3C=CC=CC3c3ccccc3-4)C2C=C1. The molecule has 0 N–H and O–H groups in total. The molecule has 15 rings (SSSR count). The van der Waals surface area contributed by atoms with Crippen molar-refractivity contribution in [2.75, 3.05) is 9.80 Å². The molecule has 294 valence electrons. The fourth-order valence-electron chi connectivity index (χ4n) is 12.4. The Morgan fingerprint density at radius 2 is 0.825 bits per heavy atom. The van der Waals surface area contributed by atoms with Gasteiger partial charge in [-0.2, -0.15) is 0 Å². The Morgan fingerprint density at radius 1 is 0.365 bits per heavy atom. The molecule has 0 spiro atoms. The molecular formula is C58H37BN2S2. The first-order valence-corrected chi connectivity index (χ1v) is 23.9. The van der Waals surface area contributed by atoms with Gasteiger partial charge >= 0.3 is 0 Å². The second kappa shape index (κ2) is 12.8. The molecule has 2 aromatic heterocycles. The lowest BCUT2D eigenvalue weighted by molar-refractivity contribution is 0.720. The third kappa shape index (κ3) is 4.53. The molecule has 0 saturated heterocycles. The zero-order valence-corrected chi connectivity index (χ0v) is 35.8. The van der Waals surface area contributed by atoms with Crippen molar-refractivity contribution in [2.45, 2.75) is 23.7 Å². The second-order valence-corrected chi connectivity index (χ2v) is 19.8. The van der Waals surface area contributed by atoms with Crippen molar-refractivity contribution in [1.29, 1.82) is 0 Å². The van der Waals surface area contributed by atoms with Gasteiger partial charge in [0, 0.05) is 50.0 Å². The van der Waals surface area contributed by atoms with Gasteiger partial charge < -0.3 is 9.80 Å². The van der Waals surface area contributed by atoms with Crippen LogP contribution in [0.1, 0.15) is 45.9 Å². The molecule has 0 bridgehead atoms. The Labute approximate surface area is 374 Å². The number of allylic oxidation sites excluding steroid dienone is 8. The highest BCUT2D eigenvalue weighted by molar-refractivity contribution is 7.29. The summed E-state index contributed by atoms with van der Waals surface area (Å²) in [5.74, 6) is 1.10. The highest BCUT2D eigenvalue weighted by atomic mass is 32.1. The number of hydrogen-bond acceptors (Lipinski definition) is 4. The van der Waals surface area contributed by atoms with Crippen LogP contribution in [0.15, 0.2) is 200 Å². The van der Waals surface area contributed by atoms with E-state index in [-0.39, 0.29) is 24.5 Å². The van der Waals surface area contributed by atoms with Gasteiger partial charge in [0.25, 0.3) is 6.71 Å². The molecule has 4 unspecified atom stereocenters. The molecule has 4 heterocycles. The van der Waals surface area contributed by atoms with Crippen LogP contribution in [0.2, 0.25) is 0 Å². The normalized spacial score (nSPS) is 20.0. The van der Waals surface area contributed by atoms with Crippen molar-refractivity contribution in [1.82, 2.24) is 0 Å². The van der Waals surface area contributed by atoms with E-state index in [4.69, 9.17) is 0 Å². The van der Waals surface area contributed by atoms with E-state index in [0.717, 1.165) is 0 Å². The summed E-state index contributed by atoms with van der Waals surface area (Å²) >= 11 is 3.90. The van der Waals surface area contributed by atoms with Crippen molar-refractivity contribution in [3.05, 3.63) is 223 Å². The van der Waals surface area contributed by atoms with Crippen LogP contribution in [0.5, 0.6) is 0 Å². The van der Waals surface area contributed by atoms with Gasteiger partial charge in [0.2, 0.25) is 0 Å². The second-order valence-electron chi connectivity index (χ2n) is 17.7. The molecule has 5 heteroatoms. The number of benzene rings is 7. The number of anilines is 6. The Kier molecular flexibility index (Phi) is 7.05. The van der Waals surface area contributed by atoms with Gasteiger partial charge in [0.05, 0.1) is 21.4 Å². The molecule has 0 amide bonds. The van der Waals surface area contributed by atoms with E-state index in [9.17, 15) is 0 Å². The van der Waals surface area contributed by atoms with Gasteiger partial charge in [0.1, 0.15) is 0 Å². The summed E-state index contributed by atoms with van der Waals surface area (Å²) in [6, 6.07) is 57.9. The minimum Gasteiger partial charge on any atom is -0.302 e. The zero-order chi connectivity index (χ0) is 40.9. The lowest BCUT2D eigenvalue weighted by atomic mass is 9.33. The number of fused-ring (bicyclic) bond motifs is 20. The van der Waals surface area contributed by atoms with Crippen LogP contribution in [0.4, 0.5) is 32.8 Å². The predicted molar refractivity (Wildman–Crippen MR) is 270 cm³/mol. The van der Waals surface area contributed by atoms with Crippen LogP contribution in [-0.2, 0) is 0 Å². The molecule has 0 radical (unpaired) electrons. The summed E-state index contributed by atoms with van der Waals surface area (Å²) in [7, 11) is 0.